The number of ether oxygens (including phenoxy) is 1. The number of nitrogens with one attached hydrogen (secondary N) is 1. The smallest absolute Gasteiger partial charge is 0.227 e. The second kappa shape index (κ2) is 7.22. The Balaban J connectivity index is 1.20. The molecule has 4 atom stereocenters. The molecule has 9 heteroatoms. The lowest BCUT2D eigenvalue weighted by atomic mass is 9.73. The second-order valence-corrected chi connectivity index (χ2v) is 8.19. The van der Waals surface area contributed by atoms with Crippen LogP contribution in [0.3, 0.4) is 0 Å². The molecule has 3 aliphatic rings. The number of rotatable bonds is 6. The number of aryl methyl sites for hydroxylation is 1. The molecule has 0 unspecified atom stereocenters. The van der Waals surface area contributed by atoms with Crippen LogP contribution in [0.5, 0.6) is 0 Å². The number of carbonyl (C=O) groups excluding carboxylic acids is 1. The van der Waals surface area contributed by atoms with Gasteiger partial charge >= 0.3 is 0 Å². The number of anilines is 2. The van der Waals surface area contributed by atoms with E-state index in [0.717, 1.165) is 31.6 Å². The second-order valence-electron chi connectivity index (χ2n) is 8.19. The van der Waals surface area contributed by atoms with Gasteiger partial charge in [0.1, 0.15) is 5.82 Å². The van der Waals surface area contributed by atoms with Gasteiger partial charge in [-0.3, -0.25) is 14.8 Å². The number of hydrogen-bond donors (Lipinski definition) is 2. The van der Waals surface area contributed by atoms with Crippen molar-refractivity contribution in [1.29, 1.82) is 0 Å². The predicted octanol–water partition coefficient (Wildman–Crippen LogP) is 0.582. The lowest BCUT2D eigenvalue weighted by Gasteiger charge is -2.29. The molecule has 29 heavy (non-hydrogen) atoms. The van der Waals surface area contributed by atoms with Crippen LogP contribution in [0.15, 0.2) is 30.9 Å². The fourth-order valence-electron chi connectivity index (χ4n) is 5.15. The molecule has 9 nitrogen and oxygen atoms in total. The van der Waals surface area contributed by atoms with E-state index in [1.54, 1.807) is 30.9 Å². The first-order valence-electron chi connectivity index (χ1n) is 10.2. The third-order valence-electron chi connectivity index (χ3n) is 6.49. The Kier molecular flexibility index (Phi) is 4.54. The summed E-state index contributed by atoms with van der Waals surface area (Å²) < 4.78 is 6.44. The number of hydrogen-bond acceptors (Lipinski definition) is 8. The Hall–Kier alpha value is -2.81. The van der Waals surface area contributed by atoms with Crippen LogP contribution in [0, 0.1) is 11.8 Å². The third kappa shape index (κ3) is 3.39. The van der Waals surface area contributed by atoms with Crippen LogP contribution in [0.4, 0.5) is 11.8 Å². The standard InChI is InChI=1S/C20H25N7O2/c21-17-4-6-24-19(26-17)27-11-15-14(16-3-5-20(15,12-27)29-16)10-25-18(28)2-1-13-9-22-7-8-23-13/h4,6-9,14-16H,1-3,5,10-12H2,(H,25,28)(H2,21,24,26)/t14-,15+,16+,20+/m0/s1. The van der Waals surface area contributed by atoms with Crippen LogP contribution in [-0.4, -0.2) is 57.2 Å². The van der Waals surface area contributed by atoms with Gasteiger partial charge in [0.2, 0.25) is 11.9 Å². The number of fused-ring (bicyclic) bond motifs is 1. The van der Waals surface area contributed by atoms with Gasteiger partial charge in [0.05, 0.1) is 23.9 Å². The van der Waals surface area contributed by atoms with Crippen LogP contribution < -0.4 is 16.0 Å². The van der Waals surface area contributed by atoms with Crippen molar-refractivity contribution in [2.45, 2.75) is 37.4 Å². The SMILES string of the molecule is Nc1ccnc(N2C[C@@H]3[C@H](CNC(=O)CCc4cnccn4)[C@H]4CC[C@]3(C2)O4)n1. The average molecular weight is 395 g/mol. The Morgan fingerprint density at radius 3 is 3.10 bits per heavy atom. The van der Waals surface area contributed by atoms with E-state index in [0.29, 0.717) is 43.0 Å². The summed E-state index contributed by atoms with van der Waals surface area (Å²) in [5.41, 5.74) is 6.52. The minimum absolute atomic E-state index is 0.0431. The maximum Gasteiger partial charge on any atom is 0.227 e. The third-order valence-corrected chi connectivity index (χ3v) is 6.49. The van der Waals surface area contributed by atoms with Crippen molar-refractivity contribution in [3.8, 4) is 0 Å². The van der Waals surface area contributed by atoms with Crippen LogP contribution in [0.2, 0.25) is 0 Å². The maximum atomic E-state index is 12.3. The monoisotopic (exact) mass is 395 g/mol. The minimum Gasteiger partial charge on any atom is -0.384 e. The molecule has 152 valence electrons. The molecule has 3 aliphatic heterocycles. The van der Waals surface area contributed by atoms with Gasteiger partial charge in [0.15, 0.2) is 0 Å². The van der Waals surface area contributed by atoms with Gasteiger partial charge in [-0.25, -0.2) is 4.98 Å². The Morgan fingerprint density at radius 2 is 2.28 bits per heavy atom. The first-order valence-corrected chi connectivity index (χ1v) is 10.2. The molecule has 1 spiro atoms. The number of carbonyl (C=O) groups is 1. The van der Waals surface area contributed by atoms with E-state index in [-0.39, 0.29) is 17.6 Å². The number of nitrogens with two attached hydrogens (primary N) is 1. The molecule has 0 saturated carbocycles. The minimum atomic E-state index is -0.145. The lowest BCUT2D eigenvalue weighted by molar-refractivity contribution is -0.121. The van der Waals surface area contributed by atoms with Gasteiger partial charge in [-0.1, -0.05) is 0 Å². The number of amides is 1. The molecule has 3 N–H and O–H groups in total. The highest BCUT2D eigenvalue weighted by atomic mass is 16.5. The first kappa shape index (κ1) is 18.2. The van der Waals surface area contributed by atoms with Crippen LogP contribution in [0.1, 0.15) is 25.0 Å². The Bertz CT molecular complexity index is 895. The molecular formula is C20H25N7O2. The van der Waals surface area contributed by atoms with Crippen LogP contribution >= 0.6 is 0 Å². The lowest BCUT2D eigenvalue weighted by Crippen LogP contribution is -2.41. The molecule has 3 saturated heterocycles. The van der Waals surface area contributed by atoms with Crippen molar-refractivity contribution in [3.63, 3.8) is 0 Å². The van der Waals surface area contributed by atoms with Gasteiger partial charge in [-0.2, -0.15) is 4.98 Å². The van der Waals surface area contributed by atoms with E-state index in [1.165, 1.54) is 0 Å². The molecule has 0 aliphatic carbocycles. The van der Waals surface area contributed by atoms with Gasteiger partial charge in [-0.15, -0.1) is 0 Å². The molecule has 5 rings (SSSR count). The largest absolute Gasteiger partial charge is 0.384 e. The van der Waals surface area contributed by atoms with E-state index in [1.807, 2.05) is 0 Å². The summed E-state index contributed by atoms with van der Waals surface area (Å²) >= 11 is 0. The highest BCUT2D eigenvalue weighted by Crippen LogP contribution is 2.54. The molecule has 3 fully saturated rings. The fraction of sp³-hybridized carbons (Fsp3) is 0.550. The van der Waals surface area contributed by atoms with E-state index >= 15 is 0 Å². The molecule has 0 radical (unpaired) electrons. The quantitative estimate of drug-likeness (QED) is 0.729. The molecule has 5 heterocycles. The molecule has 2 aromatic heterocycles. The Labute approximate surface area is 169 Å². The molecule has 2 aromatic rings. The topological polar surface area (TPSA) is 119 Å². The van der Waals surface area contributed by atoms with E-state index in [2.05, 4.69) is 30.2 Å². The van der Waals surface area contributed by atoms with E-state index < -0.39 is 0 Å². The van der Waals surface area contributed by atoms with Crippen molar-refractivity contribution < 1.29 is 9.53 Å². The average Bonchev–Trinajstić information content (AvgIpc) is 3.40. The van der Waals surface area contributed by atoms with E-state index in [9.17, 15) is 4.79 Å². The van der Waals surface area contributed by atoms with Crippen molar-refractivity contribution in [1.82, 2.24) is 25.3 Å². The van der Waals surface area contributed by atoms with E-state index in [4.69, 9.17) is 10.5 Å². The number of nitrogens with zero attached hydrogens (tertiary/aromatic N) is 5. The molecule has 2 bridgehead atoms. The zero-order valence-corrected chi connectivity index (χ0v) is 16.2. The highest BCUT2D eigenvalue weighted by Gasteiger charge is 2.63. The van der Waals surface area contributed by atoms with Crippen LogP contribution in [-0.2, 0) is 16.0 Å². The van der Waals surface area contributed by atoms with Gasteiger partial charge in [-0.05, 0) is 25.3 Å². The first-order chi connectivity index (χ1) is 14.1. The van der Waals surface area contributed by atoms with Crippen LogP contribution in [0.25, 0.3) is 0 Å². The normalized spacial score (nSPS) is 29.8. The van der Waals surface area contributed by atoms with Gasteiger partial charge < -0.3 is 20.7 Å². The summed E-state index contributed by atoms with van der Waals surface area (Å²) in [4.78, 5) is 31.5. The zero-order valence-electron chi connectivity index (χ0n) is 16.2. The van der Waals surface area contributed by atoms with Crippen molar-refractivity contribution in [2.75, 3.05) is 30.3 Å². The maximum absolute atomic E-state index is 12.3. The summed E-state index contributed by atoms with van der Waals surface area (Å²) in [5.74, 6) is 1.86. The number of nitrogen functional groups attached to an aromatic ring is 1. The van der Waals surface area contributed by atoms with Gasteiger partial charge in [0.25, 0.3) is 0 Å². The summed E-state index contributed by atoms with van der Waals surface area (Å²) in [6.45, 7) is 2.26. The fourth-order valence-corrected chi connectivity index (χ4v) is 5.15. The summed E-state index contributed by atoms with van der Waals surface area (Å²) in [7, 11) is 0. The predicted molar refractivity (Wildman–Crippen MR) is 106 cm³/mol. The summed E-state index contributed by atoms with van der Waals surface area (Å²) in [6, 6.07) is 1.69. The molecule has 0 aromatic carbocycles. The molecular weight excluding hydrogens is 370 g/mol. The molecule has 1 amide bonds. The number of aromatic nitrogens is 4. The Morgan fingerprint density at radius 1 is 1.34 bits per heavy atom. The van der Waals surface area contributed by atoms with Crippen molar-refractivity contribution in [3.05, 3.63) is 36.5 Å². The summed E-state index contributed by atoms with van der Waals surface area (Å²) in [5, 5.41) is 3.12. The zero-order chi connectivity index (χ0) is 19.8. The highest BCUT2D eigenvalue weighted by molar-refractivity contribution is 5.76. The summed E-state index contributed by atoms with van der Waals surface area (Å²) in [6.07, 6.45) is 10.0. The van der Waals surface area contributed by atoms with Gasteiger partial charge in [0, 0.05) is 56.1 Å². The van der Waals surface area contributed by atoms with Crippen molar-refractivity contribution in [2.24, 2.45) is 11.8 Å². The van der Waals surface area contributed by atoms with Crippen molar-refractivity contribution >= 4 is 17.7 Å².